The van der Waals surface area contributed by atoms with Gasteiger partial charge in [-0.3, -0.25) is 4.79 Å². The average Bonchev–Trinajstić information content (AvgIpc) is 3.07. The lowest BCUT2D eigenvalue weighted by Crippen LogP contribution is -2.17. The number of amides is 1. The van der Waals surface area contributed by atoms with Crippen LogP contribution in [-0.2, 0) is 14.8 Å². The first-order chi connectivity index (χ1) is 9.32. The Morgan fingerprint density at radius 1 is 1.50 bits per heavy atom. The van der Waals surface area contributed by atoms with Gasteiger partial charge in [-0.05, 0) is 37.5 Å². The highest BCUT2D eigenvalue weighted by atomic mass is 32.2. The van der Waals surface area contributed by atoms with Crippen molar-refractivity contribution in [3.8, 4) is 5.75 Å². The minimum absolute atomic E-state index is 0.0134. The number of carbonyl (C=O) groups is 1. The average molecular weight is 298 g/mol. The molecule has 0 spiro atoms. The van der Waals surface area contributed by atoms with Gasteiger partial charge in [-0.15, -0.1) is 0 Å². The van der Waals surface area contributed by atoms with Gasteiger partial charge in [-0.2, -0.15) is 0 Å². The van der Waals surface area contributed by atoms with Crippen molar-refractivity contribution in [2.45, 2.75) is 25.2 Å². The second-order valence-corrected chi connectivity index (χ2v) is 6.48. The Bertz CT molecular complexity index is 627. The number of anilines is 1. The third-order valence-electron chi connectivity index (χ3n) is 3.26. The smallest absolute Gasteiger partial charge is 0.241 e. The number of sulfonamides is 1. The molecule has 20 heavy (non-hydrogen) atoms. The minimum atomic E-state index is -3.91. The van der Waals surface area contributed by atoms with Gasteiger partial charge < -0.3 is 10.1 Å². The van der Waals surface area contributed by atoms with E-state index in [1.165, 1.54) is 12.1 Å². The number of carbonyl (C=O) groups excluding carboxylic acids is 1. The van der Waals surface area contributed by atoms with Gasteiger partial charge in [0.15, 0.2) is 0 Å². The van der Waals surface area contributed by atoms with E-state index >= 15 is 0 Å². The molecule has 2 atom stereocenters. The highest BCUT2D eigenvalue weighted by molar-refractivity contribution is 7.89. The van der Waals surface area contributed by atoms with E-state index in [1.54, 1.807) is 13.0 Å². The van der Waals surface area contributed by atoms with E-state index in [2.05, 4.69) is 5.32 Å². The van der Waals surface area contributed by atoms with Crippen LogP contribution >= 0.6 is 0 Å². The van der Waals surface area contributed by atoms with Crippen molar-refractivity contribution in [3.63, 3.8) is 0 Å². The van der Waals surface area contributed by atoms with Crippen LogP contribution in [0.3, 0.4) is 0 Å². The molecule has 1 aromatic rings. The predicted molar refractivity (Wildman–Crippen MR) is 74.9 cm³/mol. The van der Waals surface area contributed by atoms with E-state index in [9.17, 15) is 13.2 Å². The number of ether oxygens (including phenoxy) is 1. The first-order valence-electron chi connectivity index (χ1n) is 6.43. The van der Waals surface area contributed by atoms with Gasteiger partial charge in [0, 0.05) is 11.6 Å². The number of nitrogens with one attached hydrogen (secondary N) is 1. The molecule has 3 N–H and O–H groups in total. The summed E-state index contributed by atoms with van der Waals surface area (Å²) in [4.78, 5) is 11.7. The number of primary sulfonamides is 1. The maximum Gasteiger partial charge on any atom is 0.241 e. The van der Waals surface area contributed by atoms with Crippen molar-refractivity contribution in [2.24, 2.45) is 17.0 Å². The molecule has 1 aliphatic rings. The molecule has 7 heteroatoms. The quantitative estimate of drug-likeness (QED) is 0.856. The molecule has 0 bridgehead atoms. The van der Waals surface area contributed by atoms with Gasteiger partial charge in [0.05, 0.1) is 6.61 Å². The Kier molecular flexibility index (Phi) is 4.01. The Morgan fingerprint density at radius 3 is 2.65 bits per heavy atom. The van der Waals surface area contributed by atoms with Crippen LogP contribution in [0, 0.1) is 11.8 Å². The third kappa shape index (κ3) is 3.29. The van der Waals surface area contributed by atoms with Crippen molar-refractivity contribution in [3.05, 3.63) is 18.2 Å². The van der Waals surface area contributed by atoms with Crippen LogP contribution in [-0.4, -0.2) is 20.9 Å². The van der Waals surface area contributed by atoms with Crippen LogP contribution in [0.25, 0.3) is 0 Å². The topological polar surface area (TPSA) is 98.5 Å². The van der Waals surface area contributed by atoms with Crippen LogP contribution in [0.4, 0.5) is 5.69 Å². The standard InChI is InChI=1S/C13H18N2O4S/c1-3-19-11-5-4-9(7-12(11)20(14,17)18)15-13(16)10-6-8(10)2/h4-5,7-8,10H,3,6H2,1-2H3,(H,15,16)(H2,14,17,18). The zero-order valence-electron chi connectivity index (χ0n) is 11.4. The summed E-state index contributed by atoms with van der Waals surface area (Å²) < 4.78 is 28.3. The number of benzene rings is 1. The highest BCUT2D eigenvalue weighted by Crippen LogP contribution is 2.38. The largest absolute Gasteiger partial charge is 0.492 e. The van der Waals surface area contributed by atoms with Gasteiger partial charge >= 0.3 is 0 Å². The summed E-state index contributed by atoms with van der Waals surface area (Å²) in [6.07, 6.45) is 0.866. The Hall–Kier alpha value is -1.60. The summed E-state index contributed by atoms with van der Waals surface area (Å²) in [5, 5.41) is 7.86. The number of rotatable bonds is 5. The zero-order chi connectivity index (χ0) is 14.9. The Labute approximate surface area is 118 Å². The van der Waals surface area contributed by atoms with Crippen molar-refractivity contribution < 1.29 is 17.9 Å². The molecule has 1 aromatic carbocycles. The number of hydrogen-bond acceptors (Lipinski definition) is 4. The molecule has 0 radical (unpaired) electrons. The fraction of sp³-hybridized carbons (Fsp3) is 0.462. The van der Waals surface area contributed by atoms with Gasteiger partial charge in [0.25, 0.3) is 0 Å². The highest BCUT2D eigenvalue weighted by Gasteiger charge is 2.39. The van der Waals surface area contributed by atoms with Gasteiger partial charge in [-0.1, -0.05) is 6.92 Å². The van der Waals surface area contributed by atoms with Crippen molar-refractivity contribution >= 4 is 21.6 Å². The van der Waals surface area contributed by atoms with Gasteiger partial charge in [0.1, 0.15) is 10.6 Å². The molecule has 1 fully saturated rings. The van der Waals surface area contributed by atoms with Crippen LogP contribution in [0.1, 0.15) is 20.3 Å². The van der Waals surface area contributed by atoms with Crippen LogP contribution in [0.15, 0.2) is 23.1 Å². The zero-order valence-corrected chi connectivity index (χ0v) is 12.2. The third-order valence-corrected chi connectivity index (χ3v) is 4.20. The summed E-state index contributed by atoms with van der Waals surface area (Å²) in [6.45, 7) is 4.07. The van der Waals surface area contributed by atoms with E-state index in [4.69, 9.17) is 9.88 Å². The number of hydrogen-bond donors (Lipinski definition) is 2. The molecule has 0 heterocycles. The molecule has 110 valence electrons. The minimum Gasteiger partial charge on any atom is -0.492 e. The van der Waals surface area contributed by atoms with Crippen LogP contribution in [0.2, 0.25) is 0 Å². The second-order valence-electron chi connectivity index (χ2n) is 4.95. The van der Waals surface area contributed by atoms with Crippen LogP contribution < -0.4 is 15.2 Å². The molecule has 2 unspecified atom stereocenters. The van der Waals surface area contributed by atoms with Crippen molar-refractivity contribution in [2.75, 3.05) is 11.9 Å². The van der Waals surface area contributed by atoms with E-state index < -0.39 is 10.0 Å². The molecular formula is C13H18N2O4S. The molecule has 6 nitrogen and oxygen atoms in total. The summed E-state index contributed by atoms with van der Waals surface area (Å²) in [6, 6.07) is 4.42. The molecular weight excluding hydrogens is 280 g/mol. The second kappa shape index (κ2) is 5.41. The van der Waals surface area contributed by atoms with E-state index in [0.717, 1.165) is 6.42 Å². The first kappa shape index (κ1) is 14.8. The molecule has 0 aromatic heterocycles. The summed E-state index contributed by atoms with van der Waals surface area (Å²) in [5.41, 5.74) is 0.404. The van der Waals surface area contributed by atoms with Crippen molar-refractivity contribution in [1.82, 2.24) is 0 Å². The molecule has 0 saturated heterocycles. The molecule has 2 rings (SSSR count). The summed E-state index contributed by atoms with van der Waals surface area (Å²) in [7, 11) is -3.91. The lowest BCUT2D eigenvalue weighted by Gasteiger charge is -2.11. The maximum absolute atomic E-state index is 11.8. The Balaban J connectivity index is 2.25. The normalized spacial score (nSPS) is 21.4. The number of nitrogens with two attached hydrogens (primary N) is 1. The van der Waals surface area contributed by atoms with E-state index in [1.807, 2.05) is 6.92 Å². The van der Waals surface area contributed by atoms with Gasteiger partial charge in [-0.25, -0.2) is 13.6 Å². The monoisotopic (exact) mass is 298 g/mol. The van der Waals surface area contributed by atoms with Gasteiger partial charge in [0.2, 0.25) is 15.9 Å². The lowest BCUT2D eigenvalue weighted by molar-refractivity contribution is -0.117. The molecule has 1 aliphatic carbocycles. The van der Waals surface area contributed by atoms with Crippen molar-refractivity contribution in [1.29, 1.82) is 0 Å². The lowest BCUT2D eigenvalue weighted by atomic mass is 10.2. The van der Waals surface area contributed by atoms with Crippen LogP contribution in [0.5, 0.6) is 5.75 Å². The van der Waals surface area contributed by atoms with E-state index in [0.29, 0.717) is 18.2 Å². The summed E-state index contributed by atoms with van der Waals surface area (Å²) >= 11 is 0. The Morgan fingerprint density at radius 2 is 2.15 bits per heavy atom. The predicted octanol–water partition coefficient (Wildman–Crippen LogP) is 1.33. The van der Waals surface area contributed by atoms with E-state index in [-0.39, 0.29) is 22.5 Å². The fourth-order valence-electron chi connectivity index (χ4n) is 2.01. The summed E-state index contributed by atoms with van der Waals surface area (Å²) in [5.74, 6) is 0.490. The maximum atomic E-state index is 11.8. The molecule has 0 aliphatic heterocycles. The fourth-order valence-corrected chi connectivity index (χ4v) is 2.70. The molecule has 1 saturated carbocycles. The first-order valence-corrected chi connectivity index (χ1v) is 7.98. The molecule has 1 amide bonds. The SMILES string of the molecule is CCOc1ccc(NC(=O)C2CC2C)cc1S(N)(=O)=O.